The number of rotatable bonds is 6. The Labute approximate surface area is 116 Å². The third-order valence-electron chi connectivity index (χ3n) is 3.24. The summed E-state index contributed by atoms with van der Waals surface area (Å²) in [5, 5.41) is 15.2. The van der Waals surface area contributed by atoms with Gasteiger partial charge in [-0.15, -0.1) is 0 Å². The number of nitrogens with zero attached hydrogens (tertiary/aromatic N) is 2. The number of H-pyrrole nitrogens is 1. The maximum Gasteiger partial charge on any atom is 0.310 e. The molecule has 2 N–H and O–H groups in total. The minimum absolute atomic E-state index is 0.0265. The average Bonchev–Trinajstić information content (AvgIpc) is 3.06. The van der Waals surface area contributed by atoms with E-state index < -0.39 is 28.0 Å². The number of sulfonamides is 1. The van der Waals surface area contributed by atoms with Gasteiger partial charge in [0.25, 0.3) is 10.0 Å². The number of ether oxygens (including phenoxy) is 1. The van der Waals surface area contributed by atoms with Crippen LogP contribution in [0.1, 0.15) is 13.3 Å². The molecule has 0 radical (unpaired) electrons. The Kier molecular flexibility index (Phi) is 4.41. The number of carbonyl (C=O) groups is 1. The quantitative estimate of drug-likeness (QED) is 0.759. The van der Waals surface area contributed by atoms with Gasteiger partial charge >= 0.3 is 5.97 Å². The fourth-order valence-electron chi connectivity index (χ4n) is 2.26. The molecule has 1 aliphatic heterocycles. The SMILES string of the molecule is CCCN(C1COCC1C(=O)O)S(=O)(=O)c1ccn[nH]1. The van der Waals surface area contributed by atoms with Crippen LogP contribution in [0.4, 0.5) is 0 Å². The molecule has 2 atom stereocenters. The van der Waals surface area contributed by atoms with Crippen molar-refractivity contribution in [2.75, 3.05) is 19.8 Å². The second kappa shape index (κ2) is 5.90. The van der Waals surface area contributed by atoms with E-state index in [1.54, 1.807) is 0 Å². The van der Waals surface area contributed by atoms with Crippen molar-refractivity contribution in [3.05, 3.63) is 12.3 Å². The molecule has 2 unspecified atom stereocenters. The van der Waals surface area contributed by atoms with Gasteiger partial charge in [0.05, 0.1) is 31.4 Å². The lowest BCUT2D eigenvalue weighted by Crippen LogP contribution is -2.46. The summed E-state index contributed by atoms with van der Waals surface area (Å²) in [5.41, 5.74) is 0. The number of carboxylic acids is 1. The topological polar surface area (TPSA) is 113 Å². The highest BCUT2D eigenvalue weighted by Gasteiger charge is 2.43. The Balaban J connectivity index is 2.34. The molecule has 112 valence electrons. The first-order valence-corrected chi connectivity index (χ1v) is 7.74. The standard InChI is InChI=1S/C11H17N3O5S/c1-2-5-14(9-7-19-6-8(9)11(15)16)20(17,18)10-3-4-12-13-10/h3-4,8-9H,2,5-7H2,1H3,(H,12,13)(H,15,16). The summed E-state index contributed by atoms with van der Waals surface area (Å²) >= 11 is 0. The number of hydrogen-bond donors (Lipinski definition) is 2. The summed E-state index contributed by atoms with van der Waals surface area (Å²) in [6, 6.07) is 0.657. The zero-order chi connectivity index (χ0) is 14.8. The molecule has 0 amide bonds. The second-order valence-electron chi connectivity index (χ2n) is 4.59. The van der Waals surface area contributed by atoms with Crippen molar-refractivity contribution in [2.24, 2.45) is 5.92 Å². The number of aliphatic carboxylic acids is 1. The summed E-state index contributed by atoms with van der Waals surface area (Å²) in [6.45, 7) is 2.18. The lowest BCUT2D eigenvalue weighted by Gasteiger charge is -2.28. The van der Waals surface area contributed by atoms with Crippen molar-refractivity contribution in [1.82, 2.24) is 14.5 Å². The lowest BCUT2D eigenvalue weighted by molar-refractivity contribution is -0.142. The first-order valence-electron chi connectivity index (χ1n) is 6.30. The fraction of sp³-hybridized carbons (Fsp3) is 0.636. The molecule has 8 nitrogen and oxygen atoms in total. The van der Waals surface area contributed by atoms with Gasteiger partial charge in [-0.25, -0.2) is 8.42 Å². The number of carboxylic acid groups (broad SMARTS) is 1. The van der Waals surface area contributed by atoms with E-state index in [-0.39, 0.29) is 24.8 Å². The first-order chi connectivity index (χ1) is 9.48. The van der Waals surface area contributed by atoms with Crippen LogP contribution in [0, 0.1) is 5.92 Å². The Morgan fingerprint density at radius 1 is 1.60 bits per heavy atom. The van der Waals surface area contributed by atoms with Crippen LogP contribution < -0.4 is 0 Å². The molecule has 1 saturated heterocycles. The molecule has 0 aliphatic carbocycles. The summed E-state index contributed by atoms with van der Waals surface area (Å²) in [6.07, 6.45) is 1.92. The van der Waals surface area contributed by atoms with Gasteiger partial charge in [0.2, 0.25) is 0 Å². The Bertz CT molecular complexity index is 557. The van der Waals surface area contributed by atoms with Gasteiger partial charge in [0.1, 0.15) is 0 Å². The number of nitrogens with one attached hydrogen (secondary N) is 1. The van der Waals surface area contributed by atoms with E-state index in [4.69, 9.17) is 4.74 Å². The third-order valence-corrected chi connectivity index (χ3v) is 5.10. The molecule has 1 aromatic rings. The van der Waals surface area contributed by atoms with Crippen molar-refractivity contribution in [2.45, 2.75) is 24.4 Å². The average molecular weight is 303 g/mol. The van der Waals surface area contributed by atoms with E-state index in [9.17, 15) is 18.3 Å². The Hall–Kier alpha value is -1.45. The molecule has 20 heavy (non-hydrogen) atoms. The summed E-state index contributed by atoms with van der Waals surface area (Å²) in [5.74, 6) is -1.90. The van der Waals surface area contributed by atoms with Gasteiger partial charge in [-0.3, -0.25) is 9.89 Å². The fourth-order valence-corrected chi connectivity index (χ4v) is 3.90. The largest absolute Gasteiger partial charge is 0.481 e. The molecule has 9 heteroatoms. The van der Waals surface area contributed by atoms with Crippen molar-refractivity contribution >= 4 is 16.0 Å². The normalized spacial score (nSPS) is 23.3. The van der Waals surface area contributed by atoms with Crippen LogP contribution in [-0.2, 0) is 19.6 Å². The maximum absolute atomic E-state index is 12.5. The predicted octanol–water partition coefficient (Wildman–Crippen LogP) is -0.0900. The van der Waals surface area contributed by atoms with Crippen molar-refractivity contribution in [1.29, 1.82) is 0 Å². The van der Waals surface area contributed by atoms with Crippen LogP contribution in [0.3, 0.4) is 0 Å². The van der Waals surface area contributed by atoms with Crippen LogP contribution in [0.2, 0.25) is 0 Å². The highest BCUT2D eigenvalue weighted by Crippen LogP contribution is 2.25. The molecular formula is C11H17N3O5S. The van der Waals surface area contributed by atoms with Crippen molar-refractivity contribution < 1.29 is 23.1 Å². The van der Waals surface area contributed by atoms with E-state index in [1.807, 2.05) is 6.92 Å². The van der Waals surface area contributed by atoms with Crippen LogP contribution in [0.15, 0.2) is 17.3 Å². The van der Waals surface area contributed by atoms with Crippen LogP contribution >= 0.6 is 0 Å². The molecule has 0 aromatic carbocycles. The molecule has 2 heterocycles. The van der Waals surface area contributed by atoms with E-state index >= 15 is 0 Å². The first kappa shape index (κ1) is 14.9. The van der Waals surface area contributed by atoms with Crippen molar-refractivity contribution in [3.63, 3.8) is 0 Å². The smallest absolute Gasteiger partial charge is 0.310 e. The minimum atomic E-state index is -3.80. The molecule has 0 spiro atoms. The highest BCUT2D eigenvalue weighted by atomic mass is 32.2. The van der Waals surface area contributed by atoms with Gasteiger partial charge in [0, 0.05) is 6.54 Å². The van der Waals surface area contributed by atoms with Gasteiger partial charge in [-0.05, 0) is 12.5 Å². The predicted molar refractivity (Wildman–Crippen MR) is 68.5 cm³/mol. The van der Waals surface area contributed by atoms with Crippen LogP contribution in [0.5, 0.6) is 0 Å². The number of aromatic nitrogens is 2. The van der Waals surface area contributed by atoms with Gasteiger partial charge < -0.3 is 9.84 Å². The summed E-state index contributed by atoms with van der Waals surface area (Å²) in [4.78, 5) is 11.2. The number of hydrogen-bond acceptors (Lipinski definition) is 5. The molecule has 1 aromatic heterocycles. The minimum Gasteiger partial charge on any atom is -0.481 e. The van der Waals surface area contributed by atoms with E-state index in [2.05, 4.69) is 10.2 Å². The Morgan fingerprint density at radius 2 is 2.35 bits per heavy atom. The van der Waals surface area contributed by atoms with E-state index in [0.29, 0.717) is 6.42 Å². The second-order valence-corrected chi connectivity index (χ2v) is 6.45. The highest BCUT2D eigenvalue weighted by molar-refractivity contribution is 7.89. The molecule has 0 saturated carbocycles. The third kappa shape index (κ3) is 2.69. The zero-order valence-electron chi connectivity index (χ0n) is 11.0. The zero-order valence-corrected chi connectivity index (χ0v) is 11.8. The van der Waals surface area contributed by atoms with Gasteiger partial charge in [0.15, 0.2) is 5.03 Å². The molecule has 1 fully saturated rings. The van der Waals surface area contributed by atoms with Gasteiger partial charge in [-0.1, -0.05) is 6.92 Å². The maximum atomic E-state index is 12.5. The molecule has 1 aliphatic rings. The molecule has 0 bridgehead atoms. The van der Waals surface area contributed by atoms with Crippen LogP contribution in [0.25, 0.3) is 0 Å². The van der Waals surface area contributed by atoms with E-state index in [1.165, 1.54) is 16.6 Å². The number of aromatic amines is 1. The van der Waals surface area contributed by atoms with Crippen LogP contribution in [-0.4, -0.2) is 59.8 Å². The lowest BCUT2D eigenvalue weighted by atomic mass is 10.0. The summed E-state index contributed by atoms with van der Waals surface area (Å²) < 4.78 is 31.4. The van der Waals surface area contributed by atoms with E-state index in [0.717, 1.165) is 0 Å². The van der Waals surface area contributed by atoms with Gasteiger partial charge in [-0.2, -0.15) is 9.40 Å². The molecule has 2 rings (SSSR count). The monoisotopic (exact) mass is 303 g/mol. The van der Waals surface area contributed by atoms with Crippen molar-refractivity contribution in [3.8, 4) is 0 Å². The Morgan fingerprint density at radius 3 is 2.90 bits per heavy atom. The summed E-state index contributed by atoms with van der Waals surface area (Å²) in [7, 11) is -3.80. The molecular weight excluding hydrogens is 286 g/mol.